The van der Waals surface area contributed by atoms with Gasteiger partial charge in [0.1, 0.15) is 22.9 Å². The second-order valence-corrected chi connectivity index (χ2v) is 8.12. The van der Waals surface area contributed by atoms with Crippen molar-refractivity contribution in [2.75, 3.05) is 19.5 Å². The van der Waals surface area contributed by atoms with E-state index >= 15 is 0 Å². The van der Waals surface area contributed by atoms with Crippen LogP contribution in [0.3, 0.4) is 0 Å². The first-order valence-corrected chi connectivity index (χ1v) is 10.7. The molecular formula is C22H17ClF3N3O4S. The van der Waals surface area contributed by atoms with Gasteiger partial charge in [-0.1, -0.05) is 29.4 Å². The third-order valence-corrected chi connectivity index (χ3v) is 5.62. The van der Waals surface area contributed by atoms with Gasteiger partial charge in [-0.3, -0.25) is 15.4 Å². The number of urea groups is 1. The molecule has 0 saturated carbocycles. The lowest BCUT2D eigenvalue weighted by Gasteiger charge is -2.13. The summed E-state index contributed by atoms with van der Waals surface area (Å²) in [6, 6.07) is 10.4. The van der Waals surface area contributed by atoms with Crippen molar-refractivity contribution in [3.8, 4) is 11.5 Å². The third-order valence-electron chi connectivity index (χ3n) is 4.34. The van der Waals surface area contributed by atoms with Gasteiger partial charge < -0.3 is 9.47 Å². The summed E-state index contributed by atoms with van der Waals surface area (Å²) in [7, 11) is 2.77. The minimum atomic E-state index is -4.53. The molecule has 2 N–H and O–H groups in total. The SMILES string of the molecule is COc1cccc(OC)c1C(=O)NC(=O)Nc1ccc(Sc2ccc(C(F)(F)F)c(Cl)c2)cn1. The zero-order chi connectivity index (χ0) is 24.9. The molecule has 0 saturated heterocycles. The number of imide groups is 1. The summed E-state index contributed by atoms with van der Waals surface area (Å²) in [5.74, 6) is -0.134. The molecular weight excluding hydrogens is 495 g/mol. The van der Waals surface area contributed by atoms with E-state index in [1.165, 1.54) is 38.6 Å². The van der Waals surface area contributed by atoms with Crippen LogP contribution in [0.25, 0.3) is 0 Å². The minimum Gasteiger partial charge on any atom is -0.496 e. The number of aromatic nitrogens is 1. The highest BCUT2D eigenvalue weighted by Crippen LogP contribution is 2.38. The maximum Gasteiger partial charge on any atom is 0.417 e. The Bertz CT molecular complexity index is 1180. The minimum absolute atomic E-state index is 0.0533. The molecule has 3 amide bonds. The van der Waals surface area contributed by atoms with Crippen molar-refractivity contribution >= 4 is 41.1 Å². The molecule has 1 heterocycles. The van der Waals surface area contributed by atoms with Gasteiger partial charge in [0.05, 0.1) is 24.8 Å². The predicted octanol–water partition coefficient (Wildman–Crippen LogP) is 5.88. The van der Waals surface area contributed by atoms with E-state index in [0.29, 0.717) is 9.79 Å². The fourth-order valence-corrected chi connectivity index (χ4v) is 4.01. The molecule has 0 bridgehead atoms. The fourth-order valence-electron chi connectivity index (χ4n) is 2.83. The highest BCUT2D eigenvalue weighted by molar-refractivity contribution is 7.99. The number of amides is 3. The Kier molecular flexibility index (Phi) is 7.90. The van der Waals surface area contributed by atoms with E-state index in [0.717, 1.165) is 17.8 Å². The van der Waals surface area contributed by atoms with Crippen molar-refractivity contribution in [2.24, 2.45) is 0 Å². The van der Waals surface area contributed by atoms with Crippen LogP contribution in [-0.2, 0) is 6.18 Å². The van der Waals surface area contributed by atoms with E-state index < -0.39 is 28.7 Å². The number of benzene rings is 2. The Morgan fingerprint density at radius 2 is 1.65 bits per heavy atom. The molecule has 178 valence electrons. The highest BCUT2D eigenvalue weighted by atomic mass is 35.5. The Morgan fingerprint density at radius 1 is 1.00 bits per heavy atom. The molecule has 34 heavy (non-hydrogen) atoms. The Hall–Kier alpha value is -3.44. The third kappa shape index (κ3) is 6.12. The van der Waals surface area contributed by atoms with Crippen molar-refractivity contribution in [1.82, 2.24) is 10.3 Å². The van der Waals surface area contributed by atoms with E-state index in [1.807, 2.05) is 0 Å². The molecule has 0 aliphatic carbocycles. The summed E-state index contributed by atoms with van der Waals surface area (Å²) in [5, 5.41) is 4.19. The fraction of sp³-hybridized carbons (Fsp3) is 0.136. The molecule has 2 aromatic carbocycles. The molecule has 12 heteroatoms. The molecule has 0 aliphatic rings. The first-order chi connectivity index (χ1) is 16.1. The van der Waals surface area contributed by atoms with Crippen molar-refractivity contribution < 1.29 is 32.2 Å². The zero-order valence-electron chi connectivity index (χ0n) is 17.7. The predicted molar refractivity (Wildman–Crippen MR) is 121 cm³/mol. The second kappa shape index (κ2) is 10.7. The first kappa shape index (κ1) is 25.2. The maximum absolute atomic E-state index is 12.8. The molecule has 7 nitrogen and oxygen atoms in total. The van der Waals surface area contributed by atoms with Gasteiger partial charge in [-0.05, 0) is 42.5 Å². The van der Waals surface area contributed by atoms with Gasteiger partial charge in [0.2, 0.25) is 0 Å². The van der Waals surface area contributed by atoms with Gasteiger partial charge in [-0.25, -0.2) is 9.78 Å². The van der Waals surface area contributed by atoms with Crippen molar-refractivity contribution in [3.05, 3.63) is 70.9 Å². The Labute approximate surface area is 201 Å². The quantitative estimate of drug-likeness (QED) is 0.429. The Morgan fingerprint density at radius 3 is 2.18 bits per heavy atom. The molecule has 1 aromatic heterocycles. The highest BCUT2D eigenvalue weighted by Gasteiger charge is 2.33. The maximum atomic E-state index is 12.8. The summed E-state index contributed by atoms with van der Waals surface area (Å²) < 4.78 is 48.8. The number of nitrogens with zero attached hydrogens (tertiary/aromatic N) is 1. The number of ether oxygens (including phenoxy) is 2. The summed E-state index contributed by atoms with van der Waals surface area (Å²) in [4.78, 5) is 29.9. The van der Waals surface area contributed by atoms with Gasteiger partial charge in [0.25, 0.3) is 5.91 Å². The van der Waals surface area contributed by atoms with Gasteiger partial charge in [-0.15, -0.1) is 0 Å². The standard InChI is InChI=1S/C22H17ClF3N3O4S/c1-32-16-4-3-5-17(33-2)19(16)20(30)29-21(31)28-18-9-7-13(11-27-18)34-12-6-8-14(15(23)10-12)22(24,25)26/h3-11H,1-2H3,(H2,27,28,29,30,31). The van der Waals surface area contributed by atoms with E-state index in [1.54, 1.807) is 24.3 Å². The molecule has 0 spiro atoms. The van der Waals surface area contributed by atoms with Crippen LogP contribution in [0.5, 0.6) is 11.5 Å². The summed E-state index contributed by atoms with van der Waals surface area (Å²) in [5.41, 5.74) is -0.861. The largest absolute Gasteiger partial charge is 0.496 e. The van der Waals surface area contributed by atoms with Crippen LogP contribution < -0.4 is 20.1 Å². The number of nitrogens with one attached hydrogen (secondary N) is 2. The molecule has 3 aromatic rings. The van der Waals surface area contributed by atoms with Crippen LogP contribution >= 0.6 is 23.4 Å². The van der Waals surface area contributed by atoms with Crippen LogP contribution in [0.2, 0.25) is 5.02 Å². The summed E-state index contributed by atoms with van der Waals surface area (Å²) >= 11 is 6.88. The molecule has 0 unspecified atom stereocenters. The van der Waals surface area contributed by atoms with E-state index in [2.05, 4.69) is 15.6 Å². The molecule has 0 aliphatic heterocycles. The number of rotatable bonds is 6. The molecule has 3 rings (SSSR count). The number of methoxy groups -OCH3 is 2. The first-order valence-electron chi connectivity index (χ1n) is 9.46. The van der Waals surface area contributed by atoms with Crippen LogP contribution in [0.1, 0.15) is 15.9 Å². The number of alkyl halides is 3. The summed E-state index contributed by atoms with van der Waals surface area (Å²) in [6.07, 6.45) is -3.12. The molecule has 0 radical (unpaired) electrons. The lowest BCUT2D eigenvalue weighted by Crippen LogP contribution is -2.35. The second-order valence-electron chi connectivity index (χ2n) is 6.57. The normalized spacial score (nSPS) is 11.0. The number of pyridine rings is 1. The van der Waals surface area contributed by atoms with E-state index in [4.69, 9.17) is 21.1 Å². The van der Waals surface area contributed by atoms with Gasteiger partial charge in [-0.2, -0.15) is 13.2 Å². The smallest absolute Gasteiger partial charge is 0.417 e. The number of carbonyl (C=O) groups is 2. The van der Waals surface area contributed by atoms with Gasteiger partial charge in [0, 0.05) is 16.0 Å². The summed E-state index contributed by atoms with van der Waals surface area (Å²) in [6.45, 7) is 0. The topological polar surface area (TPSA) is 89.5 Å². The lowest BCUT2D eigenvalue weighted by atomic mass is 10.1. The average molecular weight is 512 g/mol. The number of anilines is 1. The van der Waals surface area contributed by atoms with Crippen LogP contribution in [0.4, 0.5) is 23.8 Å². The average Bonchev–Trinajstić information content (AvgIpc) is 2.78. The lowest BCUT2D eigenvalue weighted by molar-refractivity contribution is -0.137. The van der Waals surface area contributed by atoms with Crippen molar-refractivity contribution in [2.45, 2.75) is 16.0 Å². The number of hydrogen-bond acceptors (Lipinski definition) is 6. The van der Waals surface area contributed by atoms with Crippen molar-refractivity contribution in [3.63, 3.8) is 0 Å². The van der Waals surface area contributed by atoms with E-state index in [9.17, 15) is 22.8 Å². The van der Waals surface area contributed by atoms with Gasteiger partial charge >= 0.3 is 12.2 Å². The molecule has 0 atom stereocenters. The number of carbonyl (C=O) groups excluding carboxylic acids is 2. The van der Waals surface area contributed by atoms with Crippen molar-refractivity contribution in [1.29, 1.82) is 0 Å². The Balaban J connectivity index is 1.63. The number of halogens is 4. The van der Waals surface area contributed by atoms with E-state index in [-0.39, 0.29) is 22.9 Å². The number of hydrogen-bond donors (Lipinski definition) is 2. The zero-order valence-corrected chi connectivity index (χ0v) is 19.3. The van der Waals surface area contributed by atoms with Crippen LogP contribution in [0, 0.1) is 0 Å². The van der Waals surface area contributed by atoms with Crippen LogP contribution in [-0.4, -0.2) is 31.1 Å². The molecule has 0 fully saturated rings. The van der Waals surface area contributed by atoms with Gasteiger partial charge in [0.15, 0.2) is 0 Å². The van der Waals surface area contributed by atoms with Crippen LogP contribution in [0.15, 0.2) is 64.5 Å². The monoisotopic (exact) mass is 511 g/mol.